The summed E-state index contributed by atoms with van der Waals surface area (Å²) in [6, 6.07) is 0.892. The monoisotopic (exact) mass is 154 g/mol. The molecule has 2 aliphatic heterocycles. The topological polar surface area (TPSA) is 15.3 Å². The van der Waals surface area contributed by atoms with Gasteiger partial charge in [0.25, 0.3) is 0 Å². The van der Waals surface area contributed by atoms with Crippen molar-refractivity contribution in [3.05, 3.63) is 0 Å². The minimum Gasteiger partial charge on any atom is -0.314 e. The van der Waals surface area contributed by atoms with Crippen LogP contribution in [0, 0.1) is 5.92 Å². The molecule has 2 fully saturated rings. The number of likely N-dealkylation sites (tertiary alicyclic amines) is 1. The molecule has 0 amide bonds. The van der Waals surface area contributed by atoms with Crippen LogP contribution in [0.15, 0.2) is 0 Å². The Morgan fingerprint density at radius 1 is 1.36 bits per heavy atom. The van der Waals surface area contributed by atoms with Crippen molar-refractivity contribution in [3.8, 4) is 0 Å². The van der Waals surface area contributed by atoms with Gasteiger partial charge in [-0.3, -0.25) is 4.90 Å². The van der Waals surface area contributed by atoms with Gasteiger partial charge in [0.1, 0.15) is 0 Å². The van der Waals surface area contributed by atoms with Crippen molar-refractivity contribution >= 4 is 0 Å². The number of hydrogen-bond acceptors (Lipinski definition) is 2. The van der Waals surface area contributed by atoms with Gasteiger partial charge in [-0.15, -0.1) is 0 Å². The molecule has 1 N–H and O–H groups in total. The van der Waals surface area contributed by atoms with Gasteiger partial charge in [-0.1, -0.05) is 13.3 Å². The van der Waals surface area contributed by atoms with E-state index in [1.54, 1.807) is 0 Å². The van der Waals surface area contributed by atoms with Crippen LogP contribution in [0.4, 0.5) is 0 Å². The zero-order chi connectivity index (χ0) is 7.68. The predicted molar refractivity (Wildman–Crippen MR) is 46.6 cm³/mol. The first-order chi connectivity index (χ1) is 5.40. The van der Waals surface area contributed by atoms with Crippen molar-refractivity contribution in [2.24, 2.45) is 5.92 Å². The summed E-state index contributed by atoms with van der Waals surface area (Å²) in [5.74, 6) is 1.03. The highest BCUT2D eigenvalue weighted by Gasteiger charge is 2.33. The fourth-order valence-corrected chi connectivity index (χ4v) is 2.03. The fraction of sp³-hybridized carbons (Fsp3) is 1.00. The van der Waals surface area contributed by atoms with Crippen LogP contribution in [0.2, 0.25) is 0 Å². The van der Waals surface area contributed by atoms with E-state index >= 15 is 0 Å². The summed E-state index contributed by atoms with van der Waals surface area (Å²) in [7, 11) is 0. The SMILES string of the molecule is CCCC1CN(C2CNC2)C1. The summed E-state index contributed by atoms with van der Waals surface area (Å²) in [6.07, 6.45) is 2.80. The largest absolute Gasteiger partial charge is 0.314 e. The number of hydrogen-bond donors (Lipinski definition) is 1. The van der Waals surface area contributed by atoms with Crippen LogP contribution >= 0.6 is 0 Å². The molecule has 0 bridgehead atoms. The molecular weight excluding hydrogens is 136 g/mol. The van der Waals surface area contributed by atoms with Gasteiger partial charge in [0.15, 0.2) is 0 Å². The van der Waals surface area contributed by atoms with Crippen molar-refractivity contribution in [2.45, 2.75) is 25.8 Å². The Labute approximate surface area is 69.0 Å². The van der Waals surface area contributed by atoms with Crippen LogP contribution in [0.25, 0.3) is 0 Å². The maximum absolute atomic E-state index is 3.32. The molecule has 2 rings (SSSR count). The molecule has 0 aliphatic carbocycles. The Kier molecular flexibility index (Phi) is 2.14. The average Bonchev–Trinajstić information content (AvgIpc) is 1.79. The second kappa shape index (κ2) is 3.11. The minimum atomic E-state index is 0.892. The first-order valence-electron chi connectivity index (χ1n) is 4.85. The molecule has 0 atom stereocenters. The van der Waals surface area contributed by atoms with Crippen LogP contribution in [-0.4, -0.2) is 37.1 Å². The van der Waals surface area contributed by atoms with Crippen LogP contribution in [0.3, 0.4) is 0 Å². The zero-order valence-electron chi connectivity index (χ0n) is 7.34. The molecule has 0 unspecified atom stereocenters. The van der Waals surface area contributed by atoms with E-state index in [0.29, 0.717) is 0 Å². The molecule has 0 saturated carbocycles. The van der Waals surface area contributed by atoms with Gasteiger partial charge in [0.05, 0.1) is 0 Å². The molecule has 2 nitrogen and oxygen atoms in total. The van der Waals surface area contributed by atoms with E-state index < -0.39 is 0 Å². The van der Waals surface area contributed by atoms with E-state index in [2.05, 4.69) is 17.1 Å². The Morgan fingerprint density at radius 2 is 2.09 bits per heavy atom. The molecule has 2 aliphatic rings. The third-order valence-electron chi connectivity index (χ3n) is 2.96. The Bertz CT molecular complexity index is 126. The molecular formula is C9H18N2. The Balaban J connectivity index is 1.63. The van der Waals surface area contributed by atoms with Gasteiger partial charge < -0.3 is 5.32 Å². The maximum Gasteiger partial charge on any atom is 0.0345 e. The van der Waals surface area contributed by atoms with Crippen molar-refractivity contribution in [1.29, 1.82) is 0 Å². The second-order valence-corrected chi connectivity index (χ2v) is 3.92. The highest BCUT2D eigenvalue weighted by molar-refractivity contribution is 4.91. The van der Waals surface area contributed by atoms with E-state index in [1.165, 1.54) is 39.0 Å². The predicted octanol–water partition coefficient (Wildman–Crippen LogP) is 0.690. The molecule has 0 spiro atoms. The van der Waals surface area contributed by atoms with Crippen molar-refractivity contribution in [2.75, 3.05) is 26.2 Å². The normalized spacial score (nSPS) is 28.1. The molecule has 2 heteroatoms. The summed E-state index contributed by atoms with van der Waals surface area (Å²) in [5, 5.41) is 3.32. The van der Waals surface area contributed by atoms with Crippen molar-refractivity contribution < 1.29 is 0 Å². The minimum absolute atomic E-state index is 0.892. The number of rotatable bonds is 3. The Morgan fingerprint density at radius 3 is 2.55 bits per heavy atom. The smallest absolute Gasteiger partial charge is 0.0345 e. The molecule has 2 heterocycles. The summed E-state index contributed by atoms with van der Waals surface area (Å²) in [6.45, 7) is 7.51. The standard InChI is InChI=1S/C9H18N2/c1-2-3-8-6-11(7-8)9-4-10-5-9/h8-10H,2-7H2,1H3. The van der Waals surface area contributed by atoms with Crippen LogP contribution < -0.4 is 5.32 Å². The second-order valence-electron chi connectivity index (χ2n) is 3.92. The molecule has 2 saturated heterocycles. The molecule has 0 aromatic rings. The van der Waals surface area contributed by atoms with E-state index in [9.17, 15) is 0 Å². The van der Waals surface area contributed by atoms with Gasteiger partial charge in [-0.2, -0.15) is 0 Å². The molecule has 64 valence electrons. The lowest BCUT2D eigenvalue weighted by Crippen LogP contribution is -2.63. The summed E-state index contributed by atoms with van der Waals surface area (Å²) >= 11 is 0. The van der Waals surface area contributed by atoms with Gasteiger partial charge in [0.2, 0.25) is 0 Å². The summed E-state index contributed by atoms with van der Waals surface area (Å²) in [5.41, 5.74) is 0. The van der Waals surface area contributed by atoms with Crippen LogP contribution in [0.1, 0.15) is 19.8 Å². The van der Waals surface area contributed by atoms with Gasteiger partial charge in [-0.05, 0) is 12.3 Å². The Hall–Kier alpha value is -0.0800. The summed E-state index contributed by atoms with van der Waals surface area (Å²) < 4.78 is 0. The average molecular weight is 154 g/mol. The van der Waals surface area contributed by atoms with E-state index in [4.69, 9.17) is 0 Å². The highest BCUT2D eigenvalue weighted by atomic mass is 15.3. The van der Waals surface area contributed by atoms with Gasteiger partial charge in [-0.25, -0.2) is 0 Å². The quantitative estimate of drug-likeness (QED) is 0.643. The highest BCUT2D eigenvalue weighted by Crippen LogP contribution is 2.23. The molecule has 11 heavy (non-hydrogen) atoms. The lowest BCUT2D eigenvalue weighted by molar-refractivity contribution is 0.0247. The van der Waals surface area contributed by atoms with Crippen molar-refractivity contribution in [3.63, 3.8) is 0 Å². The third kappa shape index (κ3) is 1.42. The number of nitrogens with zero attached hydrogens (tertiary/aromatic N) is 1. The zero-order valence-corrected chi connectivity index (χ0v) is 7.34. The van der Waals surface area contributed by atoms with E-state index in [0.717, 1.165) is 12.0 Å². The first kappa shape index (κ1) is 7.56. The molecule has 0 aromatic carbocycles. The molecule has 0 radical (unpaired) electrons. The van der Waals surface area contributed by atoms with Gasteiger partial charge in [0, 0.05) is 32.2 Å². The van der Waals surface area contributed by atoms with Crippen LogP contribution in [0.5, 0.6) is 0 Å². The van der Waals surface area contributed by atoms with Crippen molar-refractivity contribution in [1.82, 2.24) is 10.2 Å². The fourth-order valence-electron chi connectivity index (χ4n) is 2.03. The lowest BCUT2D eigenvalue weighted by atomic mass is 9.92. The van der Waals surface area contributed by atoms with E-state index in [1.807, 2.05) is 0 Å². The third-order valence-corrected chi connectivity index (χ3v) is 2.96. The number of nitrogens with one attached hydrogen (secondary N) is 1. The lowest BCUT2D eigenvalue weighted by Gasteiger charge is -2.48. The first-order valence-corrected chi connectivity index (χ1v) is 4.85. The maximum atomic E-state index is 3.32. The summed E-state index contributed by atoms with van der Waals surface area (Å²) in [4.78, 5) is 2.62. The van der Waals surface area contributed by atoms with Crippen LogP contribution in [-0.2, 0) is 0 Å². The van der Waals surface area contributed by atoms with E-state index in [-0.39, 0.29) is 0 Å². The molecule has 0 aromatic heterocycles. The van der Waals surface area contributed by atoms with Gasteiger partial charge >= 0.3 is 0 Å².